The summed E-state index contributed by atoms with van der Waals surface area (Å²) in [4.78, 5) is 10.8. The second-order valence-electron chi connectivity index (χ2n) is 6.54. The summed E-state index contributed by atoms with van der Waals surface area (Å²) in [5, 5.41) is 0. The zero-order valence-corrected chi connectivity index (χ0v) is 14.3. The molecular formula is C22H19FO2. The van der Waals surface area contributed by atoms with Gasteiger partial charge >= 0.3 is 0 Å². The smallest absolute Gasteiger partial charge is 0.149 e. The van der Waals surface area contributed by atoms with Gasteiger partial charge in [-0.2, -0.15) is 0 Å². The van der Waals surface area contributed by atoms with E-state index in [0.29, 0.717) is 34.7 Å². The predicted octanol–water partition coefficient (Wildman–Crippen LogP) is 4.40. The van der Waals surface area contributed by atoms with Crippen LogP contribution in [0.2, 0.25) is 0 Å². The molecule has 0 spiro atoms. The van der Waals surface area contributed by atoms with Gasteiger partial charge in [0.2, 0.25) is 0 Å². The molecule has 0 aromatic heterocycles. The molecule has 2 aromatic rings. The summed E-state index contributed by atoms with van der Waals surface area (Å²) in [6.45, 7) is 4.53. The van der Waals surface area contributed by atoms with Crippen LogP contribution >= 0.6 is 0 Å². The second kappa shape index (κ2) is 7.36. The van der Waals surface area contributed by atoms with Crippen LogP contribution in [0.4, 0.5) is 4.39 Å². The van der Waals surface area contributed by atoms with E-state index in [9.17, 15) is 9.18 Å². The summed E-state index contributed by atoms with van der Waals surface area (Å²) in [6.07, 6.45) is 3.24. The van der Waals surface area contributed by atoms with Crippen LogP contribution in [-0.2, 0) is 11.2 Å². The summed E-state index contributed by atoms with van der Waals surface area (Å²) < 4.78 is 19.7. The minimum absolute atomic E-state index is 0.157. The molecule has 0 bridgehead atoms. The number of aldehydes is 1. The van der Waals surface area contributed by atoms with Crippen molar-refractivity contribution in [3.63, 3.8) is 0 Å². The molecule has 3 heteroatoms. The molecule has 0 aliphatic carbocycles. The minimum atomic E-state index is -0.437. The van der Waals surface area contributed by atoms with Crippen LogP contribution in [0.25, 0.3) is 6.08 Å². The summed E-state index contributed by atoms with van der Waals surface area (Å²) in [7, 11) is 0. The molecular weight excluding hydrogens is 315 g/mol. The van der Waals surface area contributed by atoms with Gasteiger partial charge in [-0.25, -0.2) is 4.39 Å². The third-order valence-electron chi connectivity index (χ3n) is 3.92. The molecule has 0 saturated carbocycles. The maximum Gasteiger partial charge on any atom is 0.149 e. The Morgan fingerprint density at radius 3 is 2.56 bits per heavy atom. The molecule has 25 heavy (non-hydrogen) atoms. The van der Waals surface area contributed by atoms with Crippen molar-refractivity contribution < 1.29 is 13.9 Å². The molecule has 0 radical (unpaired) electrons. The van der Waals surface area contributed by atoms with E-state index in [1.54, 1.807) is 6.07 Å². The monoisotopic (exact) mass is 334 g/mol. The van der Waals surface area contributed by atoms with Crippen LogP contribution in [0.15, 0.2) is 42.0 Å². The second-order valence-corrected chi connectivity index (χ2v) is 6.54. The summed E-state index contributed by atoms with van der Waals surface area (Å²) in [5.41, 5.74) is 3.44. The number of carbonyl (C=O) groups is 1. The molecule has 1 aliphatic heterocycles. The van der Waals surface area contributed by atoms with Crippen LogP contribution in [0.1, 0.15) is 36.1 Å². The van der Waals surface area contributed by atoms with E-state index in [4.69, 9.17) is 4.74 Å². The first-order valence-electron chi connectivity index (χ1n) is 8.28. The van der Waals surface area contributed by atoms with Gasteiger partial charge in [0.15, 0.2) is 0 Å². The summed E-state index contributed by atoms with van der Waals surface area (Å²) in [6, 6.07) is 11.2. The van der Waals surface area contributed by atoms with Crippen molar-refractivity contribution in [2.75, 3.05) is 6.61 Å². The molecule has 2 nitrogen and oxygen atoms in total. The first-order chi connectivity index (χ1) is 12.0. The average Bonchev–Trinajstić information content (AvgIpc) is 2.60. The fraction of sp³-hybridized carbons (Fsp3) is 0.227. The quantitative estimate of drug-likeness (QED) is 0.614. The van der Waals surface area contributed by atoms with Gasteiger partial charge in [0, 0.05) is 16.7 Å². The van der Waals surface area contributed by atoms with E-state index in [1.807, 2.05) is 12.1 Å². The number of benzene rings is 2. The van der Waals surface area contributed by atoms with E-state index in [1.165, 1.54) is 17.7 Å². The van der Waals surface area contributed by atoms with Gasteiger partial charge in [-0.05, 0) is 48.2 Å². The standard InChI is InChI=1S/C22H19FO2/c1-15(2)9-17-6-3-16(4-7-17)5-8-18-11-21(23)20-10-19(13-24)14-25-22(20)12-18/h3-4,6-7,10-13,15H,9,14H2,1-2H3. The molecule has 0 N–H and O–H groups in total. The lowest BCUT2D eigenvalue weighted by Gasteiger charge is -2.15. The third kappa shape index (κ3) is 4.16. The number of ether oxygens (including phenoxy) is 1. The topological polar surface area (TPSA) is 26.3 Å². The van der Waals surface area contributed by atoms with Crippen molar-refractivity contribution in [3.05, 3.63) is 70.0 Å². The Balaban J connectivity index is 1.83. The zero-order chi connectivity index (χ0) is 17.8. The van der Waals surface area contributed by atoms with Gasteiger partial charge in [-0.1, -0.05) is 37.8 Å². The maximum atomic E-state index is 14.2. The van der Waals surface area contributed by atoms with Crippen molar-refractivity contribution in [2.24, 2.45) is 5.92 Å². The van der Waals surface area contributed by atoms with Crippen LogP contribution in [0.3, 0.4) is 0 Å². The zero-order valence-electron chi connectivity index (χ0n) is 14.3. The van der Waals surface area contributed by atoms with Gasteiger partial charge < -0.3 is 4.74 Å². The van der Waals surface area contributed by atoms with E-state index in [-0.39, 0.29) is 6.61 Å². The Hall–Kier alpha value is -2.86. The van der Waals surface area contributed by atoms with Crippen molar-refractivity contribution in [2.45, 2.75) is 20.3 Å². The lowest BCUT2D eigenvalue weighted by Crippen LogP contribution is -2.09. The Labute approximate surface area is 147 Å². The highest BCUT2D eigenvalue weighted by molar-refractivity contribution is 5.84. The first-order valence-corrected chi connectivity index (χ1v) is 8.28. The molecule has 0 unspecified atom stereocenters. The molecule has 1 aliphatic rings. The van der Waals surface area contributed by atoms with E-state index >= 15 is 0 Å². The molecule has 2 aromatic carbocycles. The van der Waals surface area contributed by atoms with Crippen molar-refractivity contribution >= 4 is 12.4 Å². The van der Waals surface area contributed by atoms with Crippen molar-refractivity contribution in [1.29, 1.82) is 0 Å². The third-order valence-corrected chi connectivity index (χ3v) is 3.92. The number of hydrogen-bond acceptors (Lipinski definition) is 2. The van der Waals surface area contributed by atoms with Crippen LogP contribution < -0.4 is 4.74 Å². The van der Waals surface area contributed by atoms with Crippen molar-refractivity contribution in [1.82, 2.24) is 0 Å². The Kier molecular flexibility index (Phi) is 5.00. The highest BCUT2D eigenvalue weighted by atomic mass is 19.1. The van der Waals surface area contributed by atoms with Gasteiger partial charge in [0.25, 0.3) is 0 Å². The lowest BCUT2D eigenvalue weighted by atomic mass is 10.0. The summed E-state index contributed by atoms with van der Waals surface area (Å²) in [5.74, 6) is 6.63. The Bertz CT molecular complexity index is 881. The molecule has 0 fully saturated rings. The van der Waals surface area contributed by atoms with E-state index in [2.05, 4.69) is 37.8 Å². The SMILES string of the molecule is CC(C)Cc1ccc(C#Cc2cc(F)c3c(c2)OCC(C=O)=C3)cc1. The minimum Gasteiger partial charge on any atom is -0.488 e. The number of halogens is 1. The van der Waals surface area contributed by atoms with Crippen LogP contribution in [0.5, 0.6) is 5.75 Å². The number of hydrogen-bond donors (Lipinski definition) is 0. The van der Waals surface area contributed by atoms with Gasteiger partial charge in [-0.15, -0.1) is 0 Å². The first kappa shape index (κ1) is 17.0. The van der Waals surface area contributed by atoms with Crippen LogP contribution in [0, 0.1) is 23.6 Å². The fourth-order valence-corrected chi connectivity index (χ4v) is 2.72. The van der Waals surface area contributed by atoms with Crippen molar-refractivity contribution in [3.8, 4) is 17.6 Å². The highest BCUT2D eigenvalue weighted by Gasteiger charge is 2.16. The van der Waals surface area contributed by atoms with Crippen LogP contribution in [-0.4, -0.2) is 12.9 Å². The number of rotatable bonds is 3. The molecule has 126 valence electrons. The van der Waals surface area contributed by atoms with E-state index in [0.717, 1.165) is 12.0 Å². The highest BCUT2D eigenvalue weighted by Crippen LogP contribution is 2.29. The molecule has 1 heterocycles. The molecule has 0 atom stereocenters. The normalized spacial score (nSPS) is 12.6. The molecule has 0 amide bonds. The maximum absolute atomic E-state index is 14.2. The fourth-order valence-electron chi connectivity index (χ4n) is 2.72. The van der Waals surface area contributed by atoms with E-state index < -0.39 is 5.82 Å². The Morgan fingerprint density at radius 1 is 1.16 bits per heavy atom. The number of carbonyl (C=O) groups excluding carboxylic acids is 1. The predicted molar refractivity (Wildman–Crippen MR) is 96.9 cm³/mol. The van der Waals surface area contributed by atoms with Gasteiger partial charge in [0.05, 0.1) is 5.56 Å². The average molecular weight is 334 g/mol. The lowest BCUT2D eigenvalue weighted by molar-refractivity contribution is -0.105. The Morgan fingerprint density at radius 2 is 1.88 bits per heavy atom. The molecule has 0 saturated heterocycles. The summed E-state index contributed by atoms with van der Waals surface area (Å²) >= 11 is 0. The number of fused-ring (bicyclic) bond motifs is 1. The van der Waals surface area contributed by atoms with Gasteiger partial charge in [0.1, 0.15) is 24.5 Å². The largest absolute Gasteiger partial charge is 0.488 e. The van der Waals surface area contributed by atoms with Gasteiger partial charge in [-0.3, -0.25) is 4.79 Å². The molecule has 3 rings (SSSR count).